The summed E-state index contributed by atoms with van der Waals surface area (Å²) in [5, 5.41) is 6.58. The zero-order valence-electron chi connectivity index (χ0n) is 12.3. The summed E-state index contributed by atoms with van der Waals surface area (Å²) in [5.74, 6) is 3.71. The van der Waals surface area contributed by atoms with Gasteiger partial charge in [-0.05, 0) is 18.6 Å². The van der Waals surface area contributed by atoms with E-state index >= 15 is 0 Å². The third-order valence-corrected chi connectivity index (χ3v) is 2.84. The molecular formula is C15H22N4O. The van der Waals surface area contributed by atoms with E-state index in [-0.39, 0.29) is 0 Å². The molecule has 0 aromatic carbocycles. The van der Waals surface area contributed by atoms with Gasteiger partial charge in [0.1, 0.15) is 23.2 Å². The van der Waals surface area contributed by atoms with Crippen molar-refractivity contribution in [3.05, 3.63) is 36.0 Å². The maximum atomic E-state index is 5.31. The molecule has 5 heteroatoms. The highest BCUT2D eigenvalue weighted by Gasteiger charge is 2.08. The van der Waals surface area contributed by atoms with Crippen LogP contribution >= 0.6 is 0 Å². The minimum atomic E-state index is 0.294. The van der Waals surface area contributed by atoms with Gasteiger partial charge in [0.25, 0.3) is 0 Å². The summed E-state index contributed by atoms with van der Waals surface area (Å²) in [4.78, 5) is 9.07. The number of rotatable bonds is 7. The van der Waals surface area contributed by atoms with Crippen LogP contribution in [0.4, 0.5) is 11.6 Å². The molecule has 5 nitrogen and oxygen atoms in total. The second-order valence-corrected chi connectivity index (χ2v) is 5.01. The Hall–Kier alpha value is -2.04. The smallest absolute Gasteiger partial charge is 0.135 e. The van der Waals surface area contributed by atoms with Crippen LogP contribution in [0.15, 0.2) is 28.9 Å². The fraction of sp³-hybridized carbons (Fsp3) is 0.467. The van der Waals surface area contributed by atoms with Gasteiger partial charge in [-0.25, -0.2) is 9.97 Å². The van der Waals surface area contributed by atoms with Crippen LogP contribution in [0.5, 0.6) is 0 Å². The first-order chi connectivity index (χ1) is 9.69. The third kappa shape index (κ3) is 3.98. The number of nitrogens with one attached hydrogen (secondary N) is 2. The molecule has 0 bridgehead atoms. The SMILES string of the molecule is CCCNc1cc(NCc2ccco2)nc(C(C)C)n1. The summed E-state index contributed by atoms with van der Waals surface area (Å²) in [7, 11) is 0. The lowest BCUT2D eigenvalue weighted by molar-refractivity contribution is 0.517. The summed E-state index contributed by atoms with van der Waals surface area (Å²) in [6.45, 7) is 7.85. The van der Waals surface area contributed by atoms with Gasteiger partial charge in [0.05, 0.1) is 12.8 Å². The topological polar surface area (TPSA) is 63.0 Å². The lowest BCUT2D eigenvalue weighted by atomic mass is 10.2. The van der Waals surface area contributed by atoms with Crippen molar-refractivity contribution in [3.63, 3.8) is 0 Å². The number of aromatic nitrogens is 2. The average Bonchev–Trinajstić information content (AvgIpc) is 2.96. The maximum absolute atomic E-state index is 5.31. The Kier molecular flexibility index (Phi) is 4.98. The van der Waals surface area contributed by atoms with Gasteiger partial charge >= 0.3 is 0 Å². The molecule has 2 aromatic heterocycles. The van der Waals surface area contributed by atoms with Crippen molar-refractivity contribution < 1.29 is 4.42 Å². The molecule has 0 saturated carbocycles. The Balaban J connectivity index is 2.11. The Morgan fingerprint density at radius 2 is 1.95 bits per heavy atom. The molecule has 0 aliphatic heterocycles. The molecule has 0 aliphatic carbocycles. The zero-order chi connectivity index (χ0) is 14.4. The molecule has 0 aliphatic rings. The zero-order valence-corrected chi connectivity index (χ0v) is 12.3. The highest BCUT2D eigenvalue weighted by atomic mass is 16.3. The van der Waals surface area contributed by atoms with Gasteiger partial charge in [0.2, 0.25) is 0 Å². The van der Waals surface area contributed by atoms with E-state index < -0.39 is 0 Å². The monoisotopic (exact) mass is 274 g/mol. The second kappa shape index (κ2) is 6.93. The number of anilines is 2. The van der Waals surface area contributed by atoms with Crippen LogP contribution in [-0.2, 0) is 6.54 Å². The molecular weight excluding hydrogens is 252 g/mol. The first kappa shape index (κ1) is 14.4. The predicted molar refractivity (Wildman–Crippen MR) is 80.9 cm³/mol. The van der Waals surface area contributed by atoms with E-state index in [1.807, 2.05) is 18.2 Å². The minimum absolute atomic E-state index is 0.294. The molecule has 20 heavy (non-hydrogen) atoms. The van der Waals surface area contributed by atoms with Crippen LogP contribution in [0.2, 0.25) is 0 Å². The van der Waals surface area contributed by atoms with Crippen LogP contribution in [0.1, 0.15) is 44.7 Å². The van der Waals surface area contributed by atoms with Crippen molar-refractivity contribution in [1.82, 2.24) is 9.97 Å². The standard InChI is InChI=1S/C15H22N4O/c1-4-7-16-13-9-14(19-15(18-13)11(2)3)17-10-12-6-5-8-20-12/h5-6,8-9,11H,4,7,10H2,1-3H3,(H2,16,17,18,19). The summed E-state index contributed by atoms with van der Waals surface area (Å²) < 4.78 is 5.31. The minimum Gasteiger partial charge on any atom is -0.467 e. The van der Waals surface area contributed by atoms with Gasteiger partial charge < -0.3 is 15.1 Å². The molecule has 2 rings (SSSR count). The van der Waals surface area contributed by atoms with Crippen molar-refractivity contribution in [1.29, 1.82) is 0 Å². The van der Waals surface area contributed by atoms with Crippen LogP contribution in [0, 0.1) is 0 Å². The Morgan fingerprint density at radius 3 is 2.55 bits per heavy atom. The normalized spacial score (nSPS) is 10.8. The van der Waals surface area contributed by atoms with E-state index in [0.717, 1.165) is 36.2 Å². The highest BCUT2D eigenvalue weighted by molar-refractivity contribution is 5.48. The highest BCUT2D eigenvalue weighted by Crippen LogP contribution is 2.17. The largest absolute Gasteiger partial charge is 0.467 e. The van der Waals surface area contributed by atoms with Crippen LogP contribution in [0.25, 0.3) is 0 Å². The summed E-state index contributed by atoms with van der Waals surface area (Å²) in [6.07, 6.45) is 2.74. The molecule has 0 unspecified atom stereocenters. The van der Waals surface area contributed by atoms with E-state index in [2.05, 4.69) is 41.4 Å². The van der Waals surface area contributed by atoms with Gasteiger partial charge in [-0.15, -0.1) is 0 Å². The molecule has 0 radical (unpaired) electrons. The van der Waals surface area contributed by atoms with Crippen molar-refractivity contribution in [2.24, 2.45) is 0 Å². The van der Waals surface area contributed by atoms with Crippen LogP contribution in [-0.4, -0.2) is 16.5 Å². The van der Waals surface area contributed by atoms with E-state index in [4.69, 9.17) is 4.42 Å². The van der Waals surface area contributed by atoms with Crippen LogP contribution < -0.4 is 10.6 Å². The average molecular weight is 274 g/mol. The Bertz CT molecular complexity index is 523. The van der Waals surface area contributed by atoms with Crippen LogP contribution in [0.3, 0.4) is 0 Å². The van der Waals surface area contributed by atoms with E-state index in [1.165, 1.54) is 0 Å². The van der Waals surface area contributed by atoms with Gasteiger partial charge in [0, 0.05) is 18.5 Å². The summed E-state index contributed by atoms with van der Waals surface area (Å²) in [6, 6.07) is 5.75. The number of furan rings is 1. The van der Waals surface area contributed by atoms with Gasteiger partial charge in [0.15, 0.2) is 0 Å². The van der Waals surface area contributed by atoms with Gasteiger partial charge in [-0.3, -0.25) is 0 Å². The molecule has 2 heterocycles. The number of nitrogens with zero attached hydrogens (tertiary/aromatic N) is 2. The molecule has 2 aromatic rings. The van der Waals surface area contributed by atoms with Crippen molar-refractivity contribution in [3.8, 4) is 0 Å². The van der Waals surface area contributed by atoms with E-state index in [0.29, 0.717) is 12.5 Å². The molecule has 108 valence electrons. The maximum Gasteiger partial charge on any atom is 0.135 e. The van der Waals surface area contributed by atoms with Gasteiger partial charge in [-0.1, -0.05) is 20.8 Å². The van der Waals surface area contributed by atoms with Crippen molar-refractivity contribution in [2.45, 2.75) is 39.7 Å². The fourth-order valence-corrected chi connectivity index (χ4v) is 1.75. The van der Waals surface area contributed by atoms with Gasteiger partial charge in [-0.2, -0.15) is 0 Å². The first-order valence-corrected chi connectivity index (χ1v) is 7.08. The Labute approximate surface area is 119 Å². The Morgan fingerprint density at radius 1 is 1.20 bits per heavy atom. The fourth-order valence-electron chi connectivity index (χ4n) is 1.75. The van der Waals surface area contributed by atoms with E-state index in [1.54, 1.807) is 6.26 Å². The number of hydrogen-bond acceptors (Lipinski definition) is 5. The molecule has 0 spiro atoms. The summed E-state index contributed by atoms with van der Waals surface area (Å²) >= 11 is 0. The van der Waals surface area contributed by atoms with E-state index in [9.17, 15) is 0 Å². The van der Waals surface area contributed by atoms with Crippen molar-refractivity contribution >= 4 is 11.6 Å². The predicted octanol–water partition coefficient (Wildman–Crippen LogP) is 3.63. The third-order valence-electron chi connectivity index (χ3n) is 2.84. The lowest BCUT2D eigenvalue weighted by Crippen LogP contribution is -2.09. The second-order valence-electron chi connectivity index (χ2n) is 5.01. The molecule has 0 saturated heterocycles. The molecule has 0 atom stereocenters. The number of hydrogen-bond donors (Lipinski definition) is 2. The molecule has 2 N–H and O–H groups in total. The first-order valence-electron chi connectivity index (χ1n) is 7.08. The lowest BCUT2D eigenvalue weighted by Gasteiger charge is -2.12. The summed E-state index contributed by atoms with van der Waals surface area (Å²) in [5.41, 5.74) is 0. The molecule has 0 fully saturated rings. The molecule has 0 amide bonds. The van der Waals surface area contributed by atoms with Crippen molar-refractivity contribution in [2.75, 3.05) is 17.2 Å². The quantitative estimate of drug-likeness (QED) is 0.807.